The summed E-state index contributed by atoms with van der Waals surface area (Å²) in [6.07, 6.45) is 0.988. The van der Waals surface area contributed by atoms with Gasteiger partial charge in [-0.25, -0.2) is 14.4 Å². The van der Waals surface area contributed by atoms with E-state index in [0.717, 1.165) is 22.3 Å². The Labute approximate surface area is 805 Å². The molecule has 36 heteroatoms. The summed E-state index contributed by atoms with van der Waals surface area (Å²) >= 11 is 0. The lowest BCUT2D eigenvalue weighted by molar-refractivity contribution is -0.157. The molecule has 13 atom stereocenters. The van der Waals surface area contributed by atoms with Gasteiger partial charge in [0.05, 0.1) is 18.1 Å². The van der Waals surface area contributed by atoms with Crippen LogP contribution in [0.2, 0.25) is 0 Å². The second-order valence-electron chi connectivity index (χ2n) is 37.2. The van der Waals surface area contributed by atoms with Crippen LogP contribution in [0.4, 0.5) is 4.79 Å². The summed E-state index contributed by atoms with van der Waals surface area (Å²) in [6, 6.07) is 30.8. The van der Waals surface area contributed by atoms with Gasteiger partial charge in [-0.2, -0.15) is 0 Å². The van der Waals surface area contributed by atoms with Crippen molar-refractivity contribution in [2.24, 2.45) is 39.8 Å². The van der Waals surface area contributed by atoms with E-state index in [1.165, 1.54) is 84.3 Å². The Bertz CT molecular complexity index is 4970. The molecule has 0 spiro atoms. The molecular weight excluding hydrogens is 1780 g/mol. The summed E-state index contributed by atoms with van der Waals surface area (Å²) in [6.45, 7) is 19.3. The molecule has 2 aliphatic heterocycles. The molecule has 2 fully saturated rings. The van der Waals surface area contributed by atoms with E-state index in [1.54, 1.807) is 109 Å². The van der Waals surface area contributed by atoms with Gasteiger partial charge in [-0.3, -0.25) is 57.5 Å². The lowest BCUT2D eigenvalue weighted by atomic mass is 9.90. The van der Waals surface area contributed by atoms with Gasteiger partial charge in [-0.05, 0) is 153 Å². The Morgan fingerprint density at radius 2 is 1.07 bits per heavy atom. The number of aliphatic carboxylic acids is 1. The summed E-state index contributed by atoms with van der Waals surface area (Å²) in [4.78, 5) is 226. The van der Waals surface area contributed by atoms with Crippen LogP contribution in [0, 0.1) is 29.6 Å². The first-order valence-corrected chi connectivity index (χ1v) is 49.1. The molecule has 8 rings (SSSR count). The van der Waals surface area contributed by atoms with Gasteiger partial charge in [-0.1, -0.05) is 240 Å². The van der Waals surface area contributed by atoms with Gasteiger partial charge in [0, 0.05) is 118 Å². The fourth-order valence-corrected chi connectivity index (χ4v) is 19.1. The van der Waals surface area contributed by atoms with E-state index in [0.29, 0.717) is 61.1 Å². The normalized spacial score (nSPS) is 22.7. The fourth-order valence-electron chi connectivity index (χ4n) is 16.7. The van der Waals surface area contributed by atoms with Crippen molar-refractivity contribution in [1.82, 2.24) is 51.1 Å². The van der Waals surface area contributed by atoms with E-state index in [4.69, 9.17) is 20.5 Å². The number of cyclic esters (lactones) is 1. The number of amides is 10. The Kier molecular flexibility index (Phi) is 45.0. The van der Waals surface area contributed by atoms with E-state index in [-0.39, 0.29) is 106 Å². The van der Waals surface area contributed by atoms with Crippen molar-refractivity contribution >= 4 is 110 Å². The number of hydrogen-bond acceptors (Lipinski definition) is 21. The third-order valence-corrected chi connectivity index (χ3v) is 28.0. The molecule has 3 aliphatic rings. The molecule has 6 N–H and O–H groups in total. The monoisotopic (exact) mass is 1910 g/mol. The smallest absolute Gasteiger partial charge is 0.407 e. The quantitative estimate of drug-likeness (QED) is 0.00676. The lowest BCUT2D eigenvalue weighted by Gasteiger charge is -2.36. The zero-order valence-electron chi connectivity index (χ0n) is 80.9. The molecule has 2 heterocycles. The highest BCUT2D eigenvalue weighted by Crippen LogP contribution is 2.45. The van der Waals surface area contributed by atoms with Crippen LogP contribution in [-0.2, 0) is 95.9 Å². The molecule has 0 aromatic heterocycles. The number of azide groups is 2. The van der Waals surface area contributed by atoms with E-state index in [1.807, 2.05) is 97.0 Å². The molecule has 5 aromatic rings. The number of alkyl carbamates (subject to hydrolysis) is 1. The first-order valence-electron chi connectivity index (χ1n) is 46.8. The van der Waals surface area contributed by atoms with E-state index in [9.17, 15) is 72.2 Å². The minimum atomic E-state index is -1.28. The van der Waals surface area contributed by atoms with Gasteiger partial charge in [0.1, 0.15) is 48.9 Å². The van der Waals surface area contributed by atoms with Crippen molar-refractivity contribution in [3.8, 4) is 11.1 Å². The molecule has 736 valence electrons. The van der Waals surface area contributed by atoms with Gasteiger partial charge in [0.15, 0.2) is 24.0 Å². The number of ether oxygens (including phenoxy) is 2. The third-order valence-electron chi connectivity index (χ3n) is 24.6. The number of Topliss-reactive ketones (excluding diaryl/α,β-unsaturated/α-hetero) is 3. The topological polar surface area (TPSA) is 469 Å². The average molecular weight is 1910 g/mol. The molecule has 5 aromatic carbocycles. The van der Waals surface area contributed by atoms with E-state index in [2.05, 4.69) is 46.6 Å². The number of carboxylic acid groups (broad SMARTS) is 1. The number of unbranched alkanes of at least 4 members (excludes halogenated alkanes) is 2. The first-order chi connectivity index (χ1) is 64.6. The largest absolute Gasteiger partial charge is 0.480 e. The number of nitrogens with zero attached hydrogens (tertiary/aromatic N) is 11. The number of hydrogen-bond donors (Lipinski definition) is 6. The van der Waals surface area contributed by atoms with Crippen LogP contribution >= 0.6 is 21.6 Å². The number of esters is 1. The first kappa shape index (κ1) is 111. The average Bonchev–Trinajstić information content (AvgIpc) is 1.61. The highest BCUT2D eigenvalue weighted by atomic mass is 33.1. The Morgan fingerprint density at radius 1 is 0.544 bits per heavy atom. The van der Waals surface area contributed by atoms with Gasteiger partial charge < -0.3 is 65.7 Å². The minimum Gasteiger partial charge on any atom is -0.480 e. The SMILES string of the molecule is CC(C)C[C@@H]1NC(=O)[C@H](CCCCN=[N+]=[N-])CC(=O)[C@H](Cc2ccccc2)NC(=O)COC(=O)[C@@H]2CCCN2C(=O)[C@H](CCSSC(C)(C)C)NC(=O)[C@H](Cc2ccccc2)CC(=O)[C@H](C)NC(=O)[C@H](C)N(C)C(=O)[C@H](Cc2ccccc2)N(C)C(=O)[C@H](C)CC(=O)[C@H](CC(C)C)N(C)C(=O)[C@H](C)N(C)C1=O.[N-]=[N+]=NCCCC[C@H](NC(=O)OCC1c2ccccc2-c2ccccc21)C(=O)O. The van der Waals surface area contributed by atoms with E-state index >= 15 is 4.79 Å². The molecule has 10 amide bonds. The molecule has 0 bridgehead atoms. The van der Waals surface area contributed by atoms with Crippen molar-refractivity contribution in [2.75, 3.05) is 66.8 Å². The van der Waals surface area contributed by atoms with Gasteiger partial charge in [-0.15, -0.1) is 0 Å². The Hall–Kier alpha value is -12.1. The van der Waals surface area contributed by atoms with Crippen molar-refractivity contribution in [2.45, 2.75) is 256 Å². The van der Waals surface area contributed by atoms with Gasteiger partial charge in [0.2, 0.25) is 47.3 Å². The predicted octanol–water partition coefficient (Wildman–Crippen LogP) is 12.9. The van der Waals surface area contributed by atoms with Crippen LogP contribution in [0.25, 0.3) is 32.0 Å². The summed E-state index contributed by atoms with van der Waals surface area (Å²) in [5.74, 6) is -12.9. The lowest BCUT2D eigenvalue weighted by Crippen LogP contribution is -2.57. The van der Waals surface area contributed by atoms with Crippen LogP contribution < -0.4 is 26.6 Å². The summed E-state index contributed by atoms with van der Waals surface area (Å²) in [5, 5.41) is 30.1. The number of benzene rings is 5. The molecule has 136 heavy (non-hydrogen) atoms. The third kappa shape index (κ3) is 34.3. The Balaban J connectivity index is 0.000000731. The molecule has 1 aliphatic carbocycles. The summed E-state index contributed by atoms with van der Waals surface area (Å²) in [5.41, 5.74) is 23.7. The van der Waals surface area contributed by atoms with E-state index < -0.39 is 186 Å². The Morgan fingerprint density at radius 3 is 1.63 bits per heavy atom. The molecule has 2 saturated heterocycles. The van der Waals surface area contributed by atoms with Gasteiger partial charge in [0.25, 0.3) is 5.91 Å². The summed E-state index contributed by atoms with van der Waals surface area (Å²) in [7, 11) is 8.79. The molecule has 0 unspecified atom stereocenters. The maximum atomic E-state index is 15.0. The van der Waals surface area contributed by atoms with Crippen molar-refractivity contribution < 1.29 is 86.5 Å². The maximum Gasteiger partial charge on any atom is 0.407 e. The molecule has 0 saturated carbocycles. The number of carbonyl (C=O) groups excluding carboxylic acids is 14. The van der Waals surface area contributed by atoms with Crippen molar-refractivity contribution in [1.29, 1.82) is 0 Å². The highest BCUT2D eigenvalue weighted by molar-refractivity contribution is 8.77. The van der Waals surface area contributed by atoms with Crippen molar-refractivity contribution in [3.05, 3.63) is 188 Å². The van der Waals surface area contributed by atoms with Gasteiger partial charge >= 0.3 is 18.0 Å². The number of carboxylic acids is 1. The number of carbonyl (C=O) groups is 15. The van der Waals surface area contributed by atoms with Crippen LogP contribution in [0.1, 0.15) is 200 Å². The highest BCUT2D eigenvalue weighted by Gasteiger charge is 2.44. The number of ketones is 3. The van der Waals surface area contributed by atoms with Crippen LogP contribution in [0.15, 0.2) is 150 Å². The molecular formula is C100H136N16O18S2. The number of likely N-dealkylation sites (N-methyl/N-ethyl adjacent to an activating group) is 4. The van der Waals surface area contributed by atoms with Crippen LogP contribution in [0.3, 0.4) is 0 Å². The second kappa shape index (κ2) is 55.2. The molecule has 0 radical (unpaired) electrons. The van der Waals surface area contributed by atoms with Crippen LogP contribution in [0.5, 0.6) is 0 Å². The molecule has 34 nitrogen and oxygen atoms in total. The van der Waals surface area contributed by atoms with Crippen molar-refractivity contribution in [3.63, 3.8) is 0 Å². The second-order valence-corrected chi connectivity index (χ2v) is 40.4. The number of rotatable bonds is 28. The number of nitrogens with one attached hydrogen (secondary N) is 5. The maximum absolute atomic E-state index is 15.0. The summed E-state index contributed by atoms with van der Waals surface area (Å²) < 4.78 is 10.9. The fraction of sp³-hybridized carbons (Fsp3) is 0.550. The standard InChI is InChI=1S/C79H114N12O14S2.C21H22N4O4/c1-49(2)40-62-75(101)88(13)54(8)74(100)89(14)64(41-50(3)4)68(94)42-51(5)73(99)90(15)65(45-57-32-23-18-24-33-57)77(103)87(12)53(7)70(96)82-52(6)66(92)47-59(43-55-28-19-16-20-29-55)72(98)84-60(36-39-106-107-79(9,10)11)76(102)91-38-27-35-63(91)78(104)105-48-69(95)83-61(44-56-30-21-17-22-31-56)67(93)46-58(71(97)85-62)34-25-26-37-81-86-80;22-25-23-12-6-5-11-19(20(26)27)24-21(28)29-13-18-16-9-3-1-7-14(16)15-8-2-4-10-17(15)18/h16-24,28-33,49-54,58-65H,25-27,34-48H2,1-15H3,(H,82,96)(H,83,95)(H,84,98)(H,85,97);1-4,7-10,18-19H,5-6,11-13H2,(H,24,28)(H,26,27)/t51-,52+,53+,54+,58-,59-,60+,61+,62+,63+,64+,65+;19-/m10/s1. The minimum absolute atomic E-state index is 0.00226. The number of fused-ring (bicyclic) bond motifs is 4. The zero-order chi connectivity index (χ0) is 100. The zero-order valence-corrected chi connectivity index (χ0v) is 82.5. The predicted molar refractivity (Wildman–Crippen MR) is 521 cm³/mol. The van der Waals surface area contributed by atoms with Crippen LogP contribution in [-0.4, -0.2) is 250 Å².